The van der Waals surface area contributed by atoms with Crippen molar-refractivity contribution in [2.45, 2.75) is 12.5 Å². The first-order chi connectivity index (χ1) is 12.7. The smallest absolute Gasteiger partial charge is 0.251 e. The van der Waals surface area contributed by atoms with Crippen molar-refractivity contribution in [3.8, 4) is 11.4 Å². The van der Waals surface area contributed by atoms with E-state index in [-0.39, 0.29) is 24.3 Å². The lowest BCUT2D eigenvalue weighted by molar-refractivity contribution is -0.117. The number of carbonyl (C=O) groups excluding carboxylic acids is 2. The molecule has 2 heterocycles. The maximum atomic E-state index is 12.6. The molecular formula is C19H16N4O3. The number of aromatic nitrogens is 2. The Kier molecular flexibility index (Phi) is 4.18. The third kappa shape index (κ3) is 3.19. The van der Waals surface area contributed by atoms with Crippen LogP contribution in [0.25, 0.3) is 11.4 Å². The molecule has 3 aromatic rings. The summed E-state index contributed by atoms with van der Waals surface area (Å²) in [6.07, 6.45) is 1.52. The van der Waals surface area contributed by atoms with Crippen LogP contribution in [0.1, 0.15) is 16.8 Å². The van der Waals surface area contributed by atoms with Gasteiger partial charge in [0.25, 0.3) is 5.91 Å². The second-order valence-corrected chi connectivity index (χ2v) is 6.05. The number of hydrogen-bond acceptors (Lipinski definition) is 5. The number of para-hydroxylation sites is 1. The summed E-state index contributed by atoms with van der Waals surface area (Å²) in [6.45, 7) is 0.457. The Hall–Kier alpha value is -3.48. The SMILES string of the molecule is O=C(NC1CC(=O)N(c2ccccc2)C1)c1cccc(-c2ncon2)c1. The molecule has 1 N–H and O–H groups in total. The van der Waals surface area contributed by atoms with Crippen LogP contribution in [-0.4, -0.2) is 34.5 Å². The molecule has 1 aliphatic heterocycles. The van der Waals surface area contributed by atoms with E-state index in [0.29, 0.717) is 23.5 Å². The van der Waals surface area contributed by atoms with Crippen LogP contribution in [0.5, 0.6) is 0 Å². The number of anilines is 1. The molecule has 4 rings (SSSR count). The number of rotatable bonds is 4. The summed E-state index contributed by atoms with van der Waals surface area (Å²) in [4.78, 5) is 30.5. The highest BCUT2D eigenvalue weighted by molar-refractivity contribution is 5.99. The summed E-state index contributed by atoms with van der Waals surface area (Å²) in [6, 6.07) is 16.2. The number of nitrogens with one attached hydrogen (secondary N) is 1. The van der Waals surface area contributed by atoms with Crippen LogP contribution in [0.3, 0.4) is 0 Å². The molecule has 0 aliphatic carbocycles. The first-order valence-corrected chi connectivity index (χ1v) is 8.24. The largest absolute Gasteiger partial charge is 0.347 e. The summed E-state index contributed by atoms with van der Waals surface area (Å²) in [5.74, 6) is 0.191. The van der Waals surface area contributed by atoms with Gasteiger partial charge >= 0.3 is 0 Å². The van der Waals surface area contributed by atoms with E-state index in [1.807, 2.05) is 30.3 Å². The van der Waals surface area contributed by atoms with E-state index in [1.165, 1.54) is 6.39 Å². The molecule has 0 radical (unpaired) electrons. The molecule has 2 aromatic carbocycles. The van der Waals surface area contributed by atoms with Crippen LogP contribution in [-0.2, 0) is 4.79 Å². The molecule has 7 heteroatoms. The molecule has 7 nitrogen and oxygen atoms in total. The van der Waals surface area contributed by atoms with E-state index >= 15 is 0 Å². The zero-order valence-electron chi connectivity index (χ0n) is 13.8. The van der Waals surface area contributed by atoms with E-state index in [9.17, 15) is 9.59 Å². The van der Waals surface area contributed by atoms with Crippen LogP contribution >= 0.6 is 0 Å². The van der Waals surface area contributed by atoms with Crippen molar-refractivity contribution < 1.29 is 14.1 Å². The normalized spacial score (nSPS) is 16.7. The summed E-state index contributed by atoms with van der Waals surface area (Å²) in [5, 5.41) is 6.71. The number of nitrogens with zero attached hydrogens (tertiary/aromatic N) is 3. The standard InChI is InChI=1S/C19H16N4O3/c24-17-10-15(11-23(17)16-7-2-1-3-8-16)21-19(25)14-6-4-5-13(9-14)18-20-12-26-22-18/h1-9,12,15H,10-11H2,(H,21,25). The maximum absolute atomic E-state index is 12.6. The minimum Gasteiger partial charge on any atom is -0.347 e. The second-order valence-electron chi connectivity index (χ2n) is 6.05. The predicted molar refractivity (Wildman–Crippen MR) is 94.4 cm³/mol. The van der Waals surface area contributed by atoms with Crippen molar-refractivity contribution in [2.75, 3.05) is 11.4 Å². The van der Waals surface area contributed by atoms with Crippen LogP contribution in [0.2, 0.25) is 0 Å². The van der Waals surface area contributed by atoms with Gasteiger partial charge in [0.05, 0.1) is 6.04 Å². The fourth-order valence-electron chi connectivity index (χ4n) is 3.03. The molecule has 1 aromatic heterocycles. The van der Waals surface area contributed by atoms with Crippen LogP contribution in [0, 0.1) is 0 Å². The molecular weight excluding hydrogens is 332 g/mol. The minimum atomic E-state index is -0.233. The molecule has 1 atom stereocenters. The maximum Gasteiger partial charge on any atom is 0.251 e. The minimum absolute atomic E-state index is 0.00190. The molecule has 1 unspecified atom stereocenters. The lowest BCUT2D eigenvalue weighted by atomic mass is 10.1. The third-order valence-electron chi connectivity index (χ3n) is 4.27. The van der Waals surface area contributed by atoms with Gasteiger partial charge in [-0.3, -0.25) is 9.59 Å². The van der Waals surface area contributed by atoms with E-state index < -0.39 is 0 Å². The van der Waals surface area contributed by atoms with Crippen molar-refractivity contribution >= 4 is 17.5 Å². The molecule has 130 valence electrons. The fraction of sp³-hybridized carbons (Fsp3) is 0.158. The summed E-state index contributed by atoms with van der Waals surface area (Å²) >= 11 is 0. The average molecular weight is 348 g/mol. The molecule has 1 aliphatic rings. The van der Waals surface area contributed by atoms with E-state index in [0.717, 1.165) is 5.69 Å². The molecule has 1 saturated heterocycles. The van der Waals surface area contributed by atoms with E-state index in [4.69, 9.17) is 4.52 Å². The van der Waals surface area contributed by atoms with Crippen molar-refractivity contribution in [1.29, 1.82) is 0 Å². The lowest BCUT2D eigenvalue weighted by Gasteiger charge is -2.17. The van der Waals surface area contributed by atoms with Gasteiger partial charge in [0.2, 0.25) is 18.1 Å². The number of amides is 2. The summed E-state index contributed by atoms with van der Waals surface area (Å²) in [5.41, 5.74) is 2.02. The Balaban J connectivity index is 1.46. The van der Waals surface area contributed by atoms with Gasteiger partial charge in [-0.05, 0) is 24.3 Å². The molecule has 2 amide bonds. The molecule has 1 fully saturated rings. The Morgan fingerprint density at radius 2 is 2.00 bits per heavy atom. The van der Waals surface area contributed by atoms with E-state index in [1.54, 1.807) is 29.2 Å². The average Bonchev–Trinajstić information content (AvgIpc) is 3.32. The Labute approximate surface area is 149 Å². The quantitative estimate of drug-likeness (QED) is 0.781. The monoisotopic (exact) mass is 348 g/mol. The fourth-order valence-corrected chi connectivity index (χ4v) is 3.03. The van der Waals surface area contributed by atoms with Gasteiger partial charge in [-0.15, -0.1) is 0 Å². The Morgan fingerprint density at radius 1 is 1.15 bits per heavy atom. The van der Waals surface area contributed by atoms with Crippen LogP contribution in [0.4, 0.5) is 5.69 Å². The zero-order valence-corrected chi connectivity index (χ0v) is 13.8. The first kappa shape index (κ1) is 16.0. The van der Waals surface area contributed by atoms with Gasteiger partial charge in [-0.2, -0.15) is 4.98 Å². The van der Waals surface area contributed by atoms with Gasteiger partial charge in [-0.25, -0.2) is 0 Å². The van der Waals surface area contributed by atoms with Gasteiger partial charge in [0.15, 0.2) is 0 Å². The van der Waals surface area contributed by atoms with Crippen LogP contribution in [0.15, 0.2) is 65.5 Å². The van der Waals surface area contributed by atoms with Gasteiger partial charge in [-0.1, -0.05) is 35.5 Å². The van der Waals surface area contributed by atoms with Crippen LogP contribution < -0.4 is 10.2 Å². The molecule has 0 saturated carbocycles. The Bertz CT molecular complexity index is 925. The number of carbonyl (C=O) groups is 2. The topological polar surface area (TPSA) is 88.3 Å². The highest BCUT2D eigenvalue weighted by Gasteiger charge is 2.31. The zero-order chi connectivity index (χ0) is 17.9. The second kappa shape index (κ2) is 6.79. The van der Waals surface area contributed by atoms with Gasteiger partial charge in [0, 0.05) is 29.8 Å². The molecule has 0 bridgehead atoms. The van der Waals surface area contributed by atoms with E-state index in [2.05, 4.69) is 15.5 Å². The predicted octanol–water partition coefficient (Wildman–Crippen LogP) is 2.27. The van der Waals surface area contributed by atoms with Gasteiger partial charge < -0.3 is 14.7 Å². The highest BCUT2D eigenvalue weighted by Crippen LogP contribution is 2.22. The van der Waals surface area contributed by atoms with Crippen molar-refractivity contribution in [3.63, 3.8) is 0 Å². The molecule has 26 heavy (non-hydrogen) atoms. The highest BCUT2D eigenvalue weighted by atomic mass is 16.5. The van der Waals surface area contributed by atoms with Crippen molar-refractivity contribution in [1.82, 2.24) is 15.5 Å². The lowest BCUT2D eigenvalue weighted by Crippen LogP contribution is -2.37. The van der Waals surface area contributed by atoms with Gasteiger partial charge in [0.1, 0.15) is 0 Å². The first-order valence-electron chi connectivity index (χ1n) is 8.24. The third-order valence-corrected chi connectivity index (χ3v) is 4.27. The number of benzene rings is 2. The molecule has 0 spiro atoms. The van der Waals surface area contributed by atoms with Crippen molar-refractivity contribution in [3.05, 3.63) is 66.6 Å². The Morgan fingerprint density at radius 3 is 2.77 bits per heavy atom. The number of hydrogen-bond donors (Lipinski definition) is 1. The summed E-state index contributed by atoms with van der Waals surface area (Å²) in [7, 11) is 0. The summed E-state index contributed by atoms with van der Waals surface area (Å²) < 4.78 is 4.74. The van der Waals surface area contributed by atoms with Crippen molar-refractivity contribution in [2.24, 2.45) is 0 Å².